The van der Waals surface area contributed by atoms with Crippen LogP contribution in [0.3, 0.4) is 0 Å². The average molecular weight is 423 g/mol. The average Bonchev–Trinajstić information content (AvgIpc) is 2.71. The van der Waals surface area contributed by atoms with Gasteiger partial charge in [-0.15, -0.1) is 0 Å². The third kappa shape index (κ3) is 4.15. The molecule has 0 atom stereocenters. The molecular formula is C27H38N2O2. The van der Waals surface area contributed by atoms with Crippen LogP contribution in [0, 0.1) is 23.2 Å². The Balaban J connectivity index is 1.16. The molecule has 4 aliphatic carbocycles. The van der Waals surface area contributed by atoms with Crippen LogP contribution in [0.25, 0.3) is 0 Å². The van der Waals surface area contributed by atoms with E-state index in [1.54, 1.807) is 0 Å². The Kier molecular flexibility index (Phi) is 5.18. The van der Waals surface area contributed by atoms with Crippen molar-refractivity contribution in [1.29, 1.82) is 0 Å². The second-order valence-electron chi connectivity index (χ2n) is 12.1. The van der Waals surface area contributed by atoms with Gasteiger partial charge in [-0.05, 0) is 84.8 Å². The van der Waals surface area contributed by atoms with Gasteiger partial charge in [-0.1, -0.05) is 32.9 Å². The molecule has 0 N–H and O–H groups in total. The van der Waals surface area contributed by atoms with E-state index in [-0.39, 0.29) is 11.3 Å². The fraction of sp³-hybridized carbons (Fsp3) is 0.704. The van der Waals surface area contributed by atoms with Crippen LogP contribution in [-0.2, 0) is 10.2 Å². The number of carbonyl (C=O) groups is 2. The number of hydrogen-bond acceptors (Lipinski definition) is 2. The maximum Gasteiger partial charge on any atom is 0.253 e. The molecule has 4 saturated carbocycles. The fourth-order valence-electron chi connectivity index (χ4n) is 7.39. The zero-order valence-electron chi connectivity index (χ0n) is 19.5. The van der Waals surface area contributed by atoms with E-state index >= 15 is 0 Å². The van der Waals surface area contributed by atoms with Gasteiger partial charge >= 0.3 is 0 Å². The smallest absolute Gasteiger partial charge is 0.253 e. The van der Waals surface area contributed by atoms with Crippen molar-refractivity contribution >= 4 is 11.8 Å². The molecule has 2 amide bonds. The van der Waals surface area contributed by atoms with Crippen molar-refractivity contribution in [1.82, 2.24) is 9.80 Å². The molecule has 4 nitrogen and oxygen atoms in total. The first-order valence-corrected chi connectivity index (χ1v) is 12.4. The Bertz CT molecular complexity index is 808. The Labute approximate surface area is 187 Å². The fourth-order valence-corrected chi connectivity index (χ4v) is 7.39. The molecule has 31 heavy (non-hydrogen) atoms. The van der Waals surface area contributed by atoms with Gasteiger partial charge in [-0.25, -0.2) is 0 Å². The van der Waals surface area contributed by atoms with E-state index in [0.29, 0.717) is 37.5 Å². The third-order valence-electron chi connectivity index (χ3n) is 8.61. The number of amides is 2. The van der Waals surface area contributed by atoms with E-state index in [0.717, 1.165) is 29.7 Å². The summed E-state index contributed by atoms with van der Waals surface area (Å²) in [6.45, 7) is 9.20. The summed E-state index contributed by atoms with van der Waals surface area (Å²) in [5.41, 5.74) is 2.38. The van der Waals surface area contributed by atoms with Crippen LogP contribution in [0.5, 0.6) is 0 Å². The summed E-state index contributed by atoms with van der Waals surface area (Å²) in [6, 6.07) is 8.04. The summed E-state index contributed by atoms with van der Waals surface area (Å²) in [6.07, 6.45) is 8.87. The molecule has 5 fully saturated rings. The molecule has 1 aromatic carbocycles. The van der Waals surface area contributed by atoms with Gasteiger partial charge in [0.1, 0.15) is 0 Å². The first-order valence-electron chi connectivity index (χ1n) is 12.4. The predicted molar refractivity (Wildman–Crippen MR) is 123 cm³/mol. The minimum atomic E-state index is 0.0876. The summed E-state index contributed by atoms with van der Waals surface area (Å²) in [5.74, 6) is 3.09. The van der Waals surface area contributed by atoms with Gasteiger partial charge in [-0.2, -0.15) is 0 Å². The molecule has 1 aliphatic heterocycles. The van der Waals surface area contributed by atoms with E-state index in [1.807, 2.05) is 21.9 Å². The predicted octanol–water partition coefficient (Wildman–Crippen LogP) is 4.88. The van der Waals surface area contributed by atoms with Crippen molar-refractivity contribution in [2.45, 2.75) is 71.1 Å². The maximum absolute atomic E-state index is 13.2. The Morgan fingerprint density at radius 3 is 1.81 bits per heavy atom. The van der Waals surface area contributed by atoms with Gasteiger partial charge < -0.3 is 9.80 Å². The summed E-state index contributed by atoms with van der Waals surface area (Å²) in [5, 5.41) is 0. The molecule has 1 saturated heterocycles. The van der Waals surface area contributed by atoms with Crippen molar-refractivity contribution < 1.29 is 9.59 Å². The highest BCUT2D eigenvalue weighted by Gasteiger charge is 2.51. The number of piperazine rings is 1. The first-order chi connectivity index (χ1) is 14.7. The van der Waals surface area contributed by atoms with Crippen LogP contribution in [-0.4, -0.2) is 47.8 Å². The standard InChI is InChI=1S/C27H38N2O2/c1-26(2,3)23-6-4-22(5-7-23)25(31)29-10-8-28(9-11-29)24(30)18-27-15-19-12-20(16-27)14-21(13-19)17-27/h4-7,19-21H,8-18H2,1-3H3. The lowest BCUT2D eigenvalue weighted by molar-refractivity contribution is -0.141. The molecular weight excluding hydrogens is 384 g/mol. The SMILES string of the molecule is CC(C)(C)c1ccc(C(=O)N2CCN(C(=O)CC34CC5CC(CC(C5)C3)C4)CC2)cc1. The van der Waals surface area contributed by atoms with Crippen molar-refractivity contribution in [2.75, 3.05) is 26.2 Å². The van der Waals surface area contributed by atoms with E-state index in [1.165, 1.54) is 44.1 Å². The second-order valence-corrected chi connectivity index (χ2v) is 12.1. The van der Waals surface area contributed by atoms with E-state index < -0.39 is 0 Å². The van der Waals surface area contributed by atoms with E-state index in [9.17, 15) is 9.59 Å². The highest BCUT2D eigenvalue weighted by molar-refractivity contribution is 5.94. The number of benzene rings is 1. The quantitative estimate of drug-likeness (QED) is 0.697. The molecule has 0 spiro atoms. The van der Waals surface area contributed by atoms with Gasteiger partial charge in [0.05, 0.1) is 0 Å². The molecule has 4 heteroatoms. The molecule has 0 unspecified atom stereocenters. The zero-order chi connectivity index (χ0) is 21.8. The van der Waals surface area contributed by atoms with Crippen LogP contribution >= 0.6 is 0 Å². The molecule has 6 rings (SSSR count). The number of hydrogen-bond donors (Lipinski definition) is 0. The largest absolute Gasteiger partial charge is 0.339 e. The van der Waals surface area contributed by atoms with Crippen LogP contribution in [0.4, 0.5) is 0 Å². The lowest BCUT2D eigenvalue weighted by Crippen LogP contribution is -2.53. The Morgan fingerprint density at radius 2 is 1.32 bits per heavy atom. The first kappa shape index (κ1) is 21.0. The molecule has 4 bridgehead atoms. The summed E-state index contributed by atoms with van der Waals surface area (Å²) >= 11 is 0. The number of nitrogens with zero attached hydrogens (tertiary/aromatic N) is 2. The van der Waals surface area contributed by atoms with Crippen LogP contribution in [0.2, 0.25) is 0 Å². The van der Waals surface area contributed by atoms with E-state index in [4.69, 9.17) is 0 Å². The van der Waals surface area contributed by atoms with E-state index in [2.05, 4.69) is 32.9 Å². The molecule has 0 radical (unpaired) electrons. The Morgan fingerprint density at radius 1 is 0.839 bits per heavy atom. The monoisotopic (exact) mass is 422 g/mol. The summed E-state index contributed by atoms with van der Waals surface area (Å²) in [4.78, 5) is 30.1. The molecule has 0 aromatic heterocycles. The highest BCUT2D eigenvalue weighted by atomic mass is 16.2. The summed E-state index contributed by atoms with van der Waals surface area (Å²) < 4.78 is 0. The number of rotatable bonds is 3. The second kappa shape index (κ2) is 7.64. The topological polar surface area (TPSA) is 40.6 Å². The maximum atomic E-state index is 13.2. The molecule has 168 valence electrons. The van der Waals surface area contributed by atoms with Crippen molar-refractivity contribution in [2.24, 2.45) is 23.2 Å². The van der Waals surface area contributed by atoms with Crippen molar-refractivity contribution in [3.63, 3.8) is 0 Å². The van der Waals surface area contributed by atoms with Crippen LogP contribution in [0.1, 0.15) is 81.6 Å². The van der Waals surface area contributed by atoms with Crippen molar-refractivity contribution in [3.8, 4) is 0 Å². The lowest BCUT2D eigenvalue weighted by atomic mass is 9.49. The van der Waals surface area contributed by atoms with Crippen LogP contribution in [0.15, 0.2) is 24.3 Å². The molecule has 1 aromatic rings. The highest BCUT2D eigenvalue weighted by Crippen LogP contribution is 2.61. The number of carbonyl (C=O) groups excluding carboxylic acids is 2. The van der Waals surface area contributed by atoms with Gasteiger partial charge in [-0.3, -0.25) is 9.59 Å². The third-order valence-corrected chi connectivity index (χ3v) is 8.61. The normalized spacial score (nSPS) is 32.4. The minimum absolute atomic E-state index is 0.0876. The van der Waals surface area contributed by atoms with Gasteiger partial charge in [0.2, 0.25) is 5.91 Å². The zero-order valence-corrected chi connectivity index (χ0v) is 19.5. The lowest BCUT2D eigenvalue weighted by Gasteiger charge is -2.57. The summed E-state index contributed by atoms with van der Waals surface area (Å²) in [7, 11) is 0. The van der Waals surface area contributed by atoms with Gasteiger partial charge in [0.15, 0.2) is 0 Å². The van der Waals surface area contributed by atoms with Gasteiger partial charge in [0, 0.05) is 38.2 Å². The Hall–Kier alpha value is -1.84. The molecule has 1 heterocycles. The van der Waals surface area contributed by atoms with Gasteiger partial charge in [0.25, 0.3) is 5.91 Å². The van der Waals surface area contributed by atoms with Crippen molar-refractivity contribution in [3.05, 3.63) is 35.4 Å². The molecule has 5 aliphatic rings. The van der Waals surface area contributed by atoms with Crippen LogP contribution < -0.4 is 0 Å². The minimum Gasteiger partial charge on any atom is -0.339 e.